The number of benzene rings is 1. The summed E-state index contributed by atoms with van der Waals surface area (Å²) in [5.74, 6) is 0.0809. The maximum atomic E-state index is 12.7. The molecule has 0 unspecified atom stereocenters. The molecule has 3 aliphatic heterocycles. The van der Waals surface area contributed by atoms with Crippen molar-refractivity contribution in [3.63, 3.8) is 0 Å². The van der Waals surface area contributed by atoms with E-state index in [-0.39, 0.29) is 17.9 Å². The molecule has 1 atom stereocenters. The normalized spacial score (nSPS) is 23.0. The minimum atomic E-state index is -0.0615. The smallest absolute Gasteiger partial charge is 0.251 e. The Morgan fingerprint density at radius 3 is 2.69 bits per heavy atom. The van der Waals surface area contributed by atoms with E-state index in [1.807, 2.05) is 25.2 Å². The molecule has 0 bridgehead atoms. The fraction of sp³-hybridized carbons (Fsp3) is 0.600. The molecule has 2 saturated heterocycles. The molecule has 0 aliphatic carbocycles. The second kappa shape index (κ2) is 7.27. The summed E-state index contributed by atoms with van der Waals surface area (Å²) < 4.78 is 0. The number of hydrogen-bond acceptors (Lipinski definition) is 4. The fourth-order valence-corrected chi connectivity index (χ4v) is 4.43. The second-order valence-corrected chi connectivity index (χ2v) is 7.61. The molecule has 0 radical (unpaired) electrons. The molecule has 3 aliphatic rings. The zero-order valence-corrected chi connectivity index (χ0v) is 15.5. The molecule has 1 aromatic carbocycles. The van der Waals surface area contributed by atoms with Crippen molar-refractivity contribution in [2.75, 3.05) is 49.6 Å². The maximum absolute atomic E-state index is 12.7. The molecule has 4 rings (SSSR count). The van der Waals surface area contributed by atoms with Crippen LogP contribution < -0.4 is 15.1 Å². The summed E-state index contributed by atoms with van der Waals surface area (Å²) in [6, 6.07) is 5.72. The predicted octanol–water partition coefficient (Wildman–Crippen LogP) is 1.85. The van der Waals surface area contributed by atoms with Crippen molar-refractivity contribution in [2.24, 2.45) is 0 Å². The Morgan fingerprint density at radius 2 is 1.88 bits per heavy atom. The number of likely N-dealkylation sites (tertiary alicyclic amines) is 1. The summed E-state index contributed by atoms with van der Waals surface area (Å²) >= 11 is 0. The van der Waals surface area contributed by atoms with Gasteiger partial charge in [-0.3, -0.25) is 9.59 Å². The van der Waals surface area contributed by atoms with E-state index in [0.717, 1.165) is 56.8 Å². The van der Waals surface area contributed by atoms with Crippen molar-refractivity contribution >= 4 is 23.2 Å². The lowest BCUT2D eigenvalue weighted by molar-refractivity contribution is -0.120. The fourth-order valence-electron chi connectivity index (χ4n) is 4.43. The minimum Gasteiger partial charge on any atom is -0.358 e. The number of rotatable bonds is 4. The number of hydrogen-bond donors (Lipinski definition) is 1. The van der Waals surface area contributed by atoms with Crippen molar-refractivity contribution in [1.29, 1.82) is 0 Å². The van der Waals surface area contributed by atoms with Crippen LogP contribution in [0, 0.1) is 0 Å². The van der Waals surface area contributed by atoms with E-state index in [1.165, 1.54) is 12.8 Å². The highest BCUT2D eigenvalue weighted by atomic mass is 16.2. The number of piperidine rings is 1. The molecule has 1 N–H and O–H groups in total. The Hall–Kier alpha value is -2.08. The van der Waals surface area contributed by atoms with E-state index in [4.69, 9.17) is 0 Å². The first-order valence-corrected chi connectivity index (χ1v) is 9.84. The van der Waals surface area contributed by atoms with Gasteiger partial charge in [0, 0.05) is 32.2 Å². The lowest BCUT2D eigenvalue weighted by atomic mass is 9.96. The van der Waals surface area contributed by atoms with Gasteiger partial charge in [-0.2, -0.15) is 0 Å². The van der Waals surface area contributed by atoms with E-state index in [0.29, 0.717) is 12.1 Å². The predicted molar refractivity (Wildman–Crippen MR) is 103 cm³/mol. The highest BCUT2D eigenvalue weighted by Crippen LogP contribution is 2.39. The third-order valence-electron chi connectivity index (χ3n) is 5.94. The topological polar surface area (TPSA) is 55.9 Å². The highest BCUT2D eigenvalue weighted by Gasteiger charge is 2.37. The number of carbonyl (C=O) groups excluding carboxylic acids is 2. The van der Waals surface area contributed by atoms with Gasteiger partial charge in [-0.25, -0.2) is 0 Å². The molecule has 2 fully saturated rings. The number of fused-ring (bicyclic) bond motifs is 3. The monoisotopic (exact) mass is 356 g/mol. The summed E-state index contributed by atoms with van der Waals surface area (Å²) in [6.45, 7) is 4.76. The second-order valence-electron chi connectivity index (χ2n) is 7.61. The van der Waals surface area contributed by atoms with Crippen molar-refractivity contribution in [2.45, 2.75) is 38.1 Å². The van der Waals surface area contributed by atoms with Crippen molar-refractivity contribution in [3.05, 3.63) is 23.8 Å². The molecular weight excluding hydrogens is 328 g/mol. The third kappa shape index (κ3) is 3.18. The Morgan fingerprint density at radius 1 is 1.12 bits per heavy atom. The van der Waals surface area contributed by atoms with Gasteiger partial charge in [0.25, 0.3) is 5.91 Å². The SMILES string of the molecule is CN1C(=O)[C@H]2CCCCN2c2ccc(C(=O)NCCN3CCCC3)cc21. The molecule has 6 nitrogen and oxygen atoms in total. The van der Waals surface area contributed by atoms with Gasteiger partial charge in [0.05, 0.1) is 11.4 Å². The van der Waals surface area contributed by atoms with Gasteiger partial charge in [0.1, 0.15) is 6.04 Å². The van der Waals surface area contributed by atoms with Crippen LogP contribution in [-0.4, -0.2) is 62.5 Å². The summed E-state index contributed by atoms with van der Waals surface area (Å²) in [6.07, 6.45) is 5.66. The molecular formula is C20H28N4O2. The first-order valence-electron chi connectivity index (χ1n) is 9.84. The van der Waals surface area contributed by atoms with Crippen LogP contribution in [0.1, 0.15) is 42.5 Å². The third-order valence-corrected chi connectivity index (χ3v) is 5.94. The molecule has 0 aromatic heterocycles. The van der Waals surface area contributed by atoms with Crippen molar-refractivity contribution in [3.8, 4) is 0 Å². The molecule has 1 aromatic rings. The van der Waals surface area contributed by atoms with Gasteiger partial charge >= 0.3 is 0 Å². The Kier molecular flexibility index (Phi) is 4.85. The Bertz CT molecular complexity index is 699. The van der Waals surface area contributed by atoms with E-state index in [2.05, 4.69) is 15.1 Å². The zero-order chi connectivity index (χ0) is 18.1. The minimum absolute atomic E-state index is 0.0404. The standard InChI is InChI=1S/C20H28N4O2/c1-22-18-14-15(19(25)21-9-13-23-10-4-5-11-23)7-8-16(18)24-12-3-2-6-17(24)20(22)26/h7-8,14,17H,2-6,9-13H2,1H3,(H,21,25)/t17-/m1/s1. The number of nitrogens with zero attached hydrogens (tertiary/aromatic N) is 3. The molecule has 3 heterocycles. The Balaban J connectivity index is 1.47. The first kappa shape index (κ1) is 17.3. The Labute approximate surface area is 155 Å². The van der Waals surface area contributed by atoms with Gasteiger partial charge in [-0.15, -0.1) is 0 Å². The van der Waals surface area contributed by atoms with Crippen LogP contribution in [0.4, 0.5) is 11.4 Å². The van der Waals surface area contributed by atoms with E-state index < -0.39 is 0 Å². The number of amides is 2. The van der Waals surface area contributed by atoms with Gasteiger partial charge in [0.15, 0.2) is 0 Å². The van der Waals surface area contributed by atoms with E-state index in [9.17, 15) is 9.59 Å². The first-order chi connectivity index (χ1) is 12.6. The highest BCUT2D eigenvalue weighted by molar-refractivity contribution is 6.07. The average molecular weight is 356 g/mol. The van der Waals surface area contributed by atoms with Gasteiger partial charge < -0.3 is 20.0 Å². The van der Waals surface area contributed by atoms with Crippen molar-refractivity contribution in [1.82, 2.24) is 10.2 Å². The quantitative estimate of drug-likeness (QED) is 0.895. The molecule has 0 spiro atoms. The molecule has 0 saturated carbocycles. The van der Waals surface area contributed by atoms with Gasteiger partial charge in [-0.05, 0) is 63.4 Å². The summed E-state index contributed by atoms with van der Waals surface area (Å²) in [4.78, 5) is 31.6. The van der Waals surface area contributed by atoms with Crippen LogP contribution >= 0.6 is 0 Å². The van der Waals surface area contributed by atoms with E-state index in [1.54, 1.807) is 4.90 Å². The average Bonchev–Trinajstić information content (AvgIpc) is 3.19. The number of likely N-dealkylation sites (N-methyl/N-ethyl adjacent to an activating group) is 1. The van der Waals surface area contributed by atoms with Gasteiger partial charge in [0.2, 0.25) is 5.91 Å². The van der Waals surface area contributed by atoms with Crippen molar-refractivity contribution < 1.29 is 9.59 Å². The lowest BCUT2D eigenvalue weighted by Crippen LogP contribution is -2.54. The zero-order valence-electron chi connectivity index (χ0n) is 15.5. The summed E-state index contributed by atoms with van der Waals surface area (Å²) in [5.41, 5.74) is 2.55. The van der Waals surface area contributed by atoms with E-state index >= 15 is 0 Å². The lowest BCUT2D eigenvalue weighted by Gasteiger charge is -2.44. The number of nitrogens with one attached hydrogen (secondary N) is 1. The summed E-state index contributed by atoms with van der Waals surface area (Å²) in [5, 5.41) is 3.02. The summed E-state index contributed by atoms with van der Waals surface area (Å²) in [7, 11) is 1.82. The van der Waals surface area contributed by atoms with Crippen LogP contribution in [0.5, 0.6) is 0 Å². The number of carbonyl (C=O) groups is 2. The van der Waals surface area contributed by atoms with Crippen LogP contribution in [0.25, 0.3) is 0 Å². The van der Waals surface area contributed by atoms with Crippen LogP contribution in [0.2, 0.25) is 0 Å². The van der Waals surface area contributed by atoms with Crippen LogP contribution in [-0.2, 0) is 4.79 Å². The molecule has 2 amide bonds. The number of anilines is 2. The molecule has 140 valence electrons. The molecule has 6 heteroatoms. The molecule has 26 heavy (non-hydrogen) atoms. The largest absolute Gasteiger partial charge is 0.358 e. The van der Waals surface area contributed by atoms with Gasteiger partial charge in [-0.1, -0.05) is 0 Å². The maximum Gasteiger partial charge on any atom is 0.251 e. The van der Waals surface area contributed by atoms with Crippen LogP contribution in [0.3, 0.4) is 0 Å². The van der Waals surface area contributed by atoms with Crippen LogP contribution in [0.15, 0.2) is 18.2 Å².